The molecule has 1 atom stereocenters. The molecule has 0 bridgehead atoms. The van der Waals surface area contributed by atoms with E-state index in [1.165, 1.54) is 4.90 Å². The molecular weight excluding hydrogens is 460 g/mol. The third-order valence-corrected chi connectivity index (χ3v) is 7.01. The summed E-state index contributed by atoms with van der Waals surface area (Å²) in [6, 6.07) is 12.6. The lowest BCUT2D eigenvalue weighted by molar-refractivity contribution is -0.143. The van der Waals surface area contributed by atoms with Gasteiger partial charge in [-0.2, -0.15) is 0 Å². The molecule has 0 radical (unpaired) electrons. The molecule has 0 aliphatic carbocycles. The van der Waals surface area contributed by atoms with Crippen molar-refractivity contribution >= 4 is 39.3 Å². The van der Waals surface area contributed by atoms with E-state index in [4.69, 9.17) is 9.47 Å². The fourth-order valence-corrected chi connectivity index (χ4v) is 4.94. The SMILES string of the molecule is BC(B)(Oc1cccc2c1CN(C1CCC(=O)NC1=O)C2=O)c1ccc(CN2CCOCC2=O)cc1. The van der Waals surface area contributed by atoms with E-state index in [9.17, 15) is 19.2 Å². The quantitative estimate of drug-likeness (QED) is 0.426. The van der Waals surface area contributed by atoms with Crippen LogP contribution in [0.1, 0.15) is 39.9 Å². The minimum absolute atomic E-state index is 0.00665. The number of benzene rings is 2. The van der Waals surface area contributed by atoms with Crippen LogP contribution in [0.4, 0.5) is 0 Å². The molecule has 3 aliphatic rings. The second kappa shape index (κ2) is 9.46. The number of hydrogen-bond acceptors (Lipinski definition) is 6. The second-order valence-electron chi connectivity index (χ2n) is 9.86. The summed E-state index contributed by atoms with van der Waals surface area (Å²) >= 11 is 0. The molecule has 184 valence electrons. The van der Waals surface area contributed by atoms with E-state index < -0.39 is 17.3 Å². The van der Waals surface area contributed by atoms with Gasteiger partial charge < -0.3 is 19.3 Å². The van der Waals surface area contributed by atoms with E-state index in [0.717, 1.165) is 16.7 Å². The summed E-state index contributed by atoms with van der Waals surface area (Å²) in [5, 5.41) is 1.63. The van der Waals surface area contributed by atoms with Crippen molar-refractivity contribution in [3.8, 4) is 5.75 Å². The molecule has 9 nitrogen and oxygen atoms in total. The Morgan fingerprint density at radius 3 is 2.58 bits per heavy atom. The Labute approximate surface area is 210 Å². The number of morpholine rings is 1. The van der Waals surface area contributed by atoms with Crippen molar-refractivity contribution in [2.75, 3.05) is 19.8 Å². The van der Waals surface area contributed by atoms with Crippen LogP contribution in [0.3, 0.4) is 0 Å². The van der Waals surface area contributed by atoms with Crippen molar-refractivity contribution in [2.45, 2.75) is 37.4 Å². The molecule has 4 amide bonds. The van der Waals surface area contributed by atoms with E-state index in [-0.39, 0.29) is 37.3 Å². The Bertz CT molecular complexity index is 1230. The summed E-state index contributed by atoms with van der Waals surface area (Å²) in [6.45, 7) is 2.05. The Morgan fingerprint density at radius 1 is 1.08 bits per heavy atom. The van der Waals surface area contributed by atoms with Gasteiger partial charge in [-0.05, 0) is 29.7 Å². The van der Waals surface area contributed by atoms with Gasteiger partial charge in [-0.3, -0.25) is 24.5 Å². The number of fused-ring (bicyclic) bond motifs is 1. The predicted molar refractivity (Wildman–Crippen MR) is 135 cm³/mol. The Balaban J connectivity index is 1.31. The lowest BCUT2D eigenvalue weighted by atomic mass is 9.61. The van der Waals surface area contributed by atoms with E-state index in [0.29, 0.717) is 37.4 Å². The van der Waals surface area contributed by atoms with Crippen molar-refractivity contribution in [2.24, 2.45) is 0 Å². The topological polar surface area (TPSA) is 105 Å². The molecule has 11 heteroatoms. The van der Waals surface area contributed by atoms with Crippen LogP contribution in [-0.2, 0) is 37.6 Å². The summed E-state index contributed by atoms with van der Waals surface area (Å²) in [7, 11) is 3.92. The zero-order valence-electron chi connectivity index (χ0n) is 20.4. The van der Waals surface area contributed by atoms with Crippen LogP contribution in [0.15, 0.2) is 42.5 Å². The van der Waals surface area contributed by atoms with Crippen molar-refractivity contribution in [1.29, 1.82) is 0 Å². The molecule has 2 saturated heterocycles. The van der Waals surface area contributed by atoms with Gasteiger partial charge in [-0.25, -0.2) is 0 Å². The van der Waals surface area contributed by atoms with Crippen LogP contribution in [0.25, 0.3) is 0 Å². The highest BCUT2D eigenvalue weighted by Gasteiger charge is 2.40. The van der Waals surface area contributed by atoms with E-state index in [1.54, 1.807) is 17.0 Å². The predicted octanol–water partition coefficient (Wildman–Crippen LogP) is -0.738. The number of ether oxygens (including phenoxy) is 2. The fourth-order valence-electron chi connectivity index (χ4n) is 4.94. The Hall–Kier alpha value is -3.59. The minimum Gasteiger partial charge on any atom is -0.501 e. The number of nitrogens with one attached hydrogen (secondary N) is 1. The molecular formula is C25H27B2N3O6. The van der Waals surface area contributed by atoms with Crippen LogP contribution >= 0.6 is 0 Å². The molecule has 0 saturated carbocycles. The van der Waals surface area contributed by atoms with Crippen molar-refractivity contribution < 1.29 is 28.7 Å². The van der Waals surface area contributed by atoms with Gasteiger partial charge in [0, 0.05) is 30.6 Å². The number of rotatable bonds is 6. The van der Waals surface area contributed by atoms with Gasteiger partial charge in [0.15, 0.2) is 15.7 Å². The number of imide groups is 1. The number of piperidine rings is 1. The van der Waals surface area contributed by atoms with Crippen molar-refractivity contribution in [3.05, 3.63) is 64.7 Å². The van der Waals surface area contributed by atoms with Gasteiger partial charge in [0.2, 0.25) is 17.7 Å². The molecule has 0 spiro atoms. The van der Waals surface area contributed by atoms with E-state index in [2.05, 4.69) is 5.32 Å². The first-order valence-corrected chi connectivity index (χ1v) is 12.1. The lowest BCUT2D eigenvalue weighted by Crippen LogP contribution is -2.52. The van der Waals surface area contributed by atoms with Gasteiger partial charge in [-0.15, -0.1) is 0 Å². The average Bonchev–Trinajstić information content (AvgIpc) is 3.18. The monoisotopic (exact) mass is 487 g/mol. The zero-order valence-corrected chi connectivity index (χ0v) is 20.4. The lowest BCUT2D eigenvalue weighted by Gasteiger charge is -2.30. The number of carbonyl (C=O) groups is 4. The third kappa shape index (κ3) is 4.63. The maximum absolute atomic E-state index is 13.1. The van der Waals surface area contributed by atoms with E-state index in [1.807, 2.05) is 46.0 Å². The summed E-state index contributed by atoms with van der Waals surface area (Å²) < 4.78 is 11.6. The normalized spacial score (nSPS) is 20.4. The maximum Gasteiger partial charge on any atom is 0.255 e. The van der Waals surface area contributed by atoms with Gasteiger partial charge in [-0.1, -0.05) is 30.3 Å². The molecule has 5 rings (SSSR count). The van der Waals surface area contributed by atoms with Crippen LogP contribution in [0.2, 0.25) is 0 Å². The number of amides is 4. The van der Waals surface area contributed by atoms with Crippen LogP contribution < -0.4 is 10.1 Å². The van der Waals surface area contributed by atoms with Crippen molar-refractivity contribution in [1.82, 2.24) is 15.1 Å². The maximum atomic E-state index is 13.1. The molecule has 36 heavy (non-hydrogen) atoms. The van der Waals surface area contributed by atoms with Gasteiger partial charge >= 0.3 is 0 Å². The third-order valence-electron chi connectivity index (χ3n) is 7.01. The largest absolute Gasteiger partial charge is 0.501 e. The molecule has 2 aromatic rings. The highest BCUT2D eigenvalue weighted by Crippen LogP contribution is 2.36. The first-order chi connectivity index (χ1) is 17.2. The molecule has 1 N–H and O–H groups in total. The summed E-state index contributed by atoms with van der Waals surface area (Å²) in [5.74, 6) is -0.399. The second-order valence-corrected chi connectivity index (χ2v) is 9.86. The molecule has 1 unspecified atom stereocenters. The summed E-state index contributed by atoms with van der Waals surface area (Å²) in [4.78, 5) is 52.3. The molecule has 3 aliphatic heterocycles. The van der Waals surface area contributed by atoms with Crippen LogP contribution in [0.5, 0.6) is 5.75 Å². The summed E-state index contributed by atoms with van der Waals surface area (Å²) in [6.07, 6.45) is 0.525. The highest BCUT2D eigenvalue weighted by atomic mass is 16.5. The minimum atomic E-state index is -0.701. The number of hydrogen-bond donors (Lipinski definition) is 1. The zero-order chi connectivity index (χ0) is 25.4. The van der Waals surface area contributed by atoms with Crippen LogP contribution in [0, 0.1) is 0 Å². The molecule has 2 fully saturated rings. The van der Waals surface area contributed by atoms with Gasteiger partial charge in [0.1, 0.15) is 18.4 Å². The highest BCUT2D eigenvalue weighted by molar-refractivity contribution is 6.39. The van der Waals surface area contributed by atoms with Crippen molar-refractivity contribution in [3.63, 3.8) is 0 Å². The van der Waals surface area contributed by atoms with E-state index >= 15 is 0 Å². The number of nitrogens with zero attached hydrogens (tertiary/aromatic N) is 2. The summed E-state index contributed by atoms with van der Waals surface area (Å²) in [5.41, 5.74) is 3.22. The smallest absolute Gasteiger partial charge is 0.255 e. The van der Waals surface area contributed by atoms with Crippen LogP contribution in [-0.4, -0.2) is 74.9 Å². The first kappa shape index (κ1) is 24.1. The first-order valence-electron chi connectivity index (χ1n) is 12.1. The van der Waals surface area contributed by atoms with Gasteiger partial charge in [0.05, 0.1) is 18.6 Å². The molecule has 0 aromatic heterocycles. The molecule has 3 heterocycles. The standard InChI is InChI=1S/C25H27B2N3O6/c26-25(27,16-6-4-15(5-7-16)12-29-10-11-35-14-22(29)32)36-20-3-1-2-17-18(20)13-30(24(17)34)19-8-9-21(31)28-23(19)33/h1-7,19H,8-14,26-27H2,(H,28,31,33). The Morgan fingerprint density at radius 2 is 1.86 bits per heavy atom. The Kier molecular flexibility index (Phi) is 6.34. The number of carbonyl (C=O) groups excluding carboxylic acids is 4. The molecule has 2 aromatic carbocycles. The average molecular weight is 487 g/mol. The van der Waals surface area contributed by atoms with Gasteiger partial charge in [0.25, 0.3) is 5.91 Å². The fraction of sp³-hybridized carbons (Fsp3) is 0.360.